The monoisotopic (exact) mass is 473 g/mol. The summed E-state index contributed by atoms with van der Waals surface area (Å²) < 4.78 is 17.4. The van der Waals surface area contributed by atoms with Gasteiger partial charge in [0.2, 0.25) is 0 Å². The standard InChI is InChI=1S/C26H35NO7/c1-4-5-6-7-12-31-22-10-8-9-20(14-22)25(27-33-13-11-28)18-32-23-15-21(26(29)30)16-24(17-23)34-19(2)3/h8-10,14-17,19,28H,4-7,11-13,18H2,1-3H3,(H,29,30). The Labute approximate surface area is 201 Å². The van der Waals surface area contributed by atoms with Crippen molar-refractivity contribution >= 4 is 11.7 Å². The quantitative estimate of drug-likeness (QED) is 0.202. The first kappa shape index (κ1) is 27.0. The largest absolute Gasteiger partial charge is 0.494 e. The molecule has 0 unspecified atom stereocenters. The molecule has 0 atom stereocenters. The first-order valence-electron chi connectivity index (χ1n) is 11.6. The molecule has 0 fully saturated rings. The normalized spacial score (nSPS) is 11.4. The smallest absolute Gasteiger partial charge is 0.335 e. The first-order chi connectivity index (χ1) is 16.4. The van der Waals surface area contributed by atoms with Crippen LogP contribution in [0.15, 0.2) is 47.6 Å². The Morgan fingerprint density at radius 1 is 0.941 bits per heavy atom. The summed E-state index contributed by atoms with van der Waals surface area (Å²) in [5, 5.41) is 22.6. The van der Waals surface area contributed by atoms with Crippen LogP contribution in [-0.2, 0) is 4.84 Å². The predicted molar refractivity (Wildman–Crippen MR) is 130 cm³/mol. The molecule has 0 aliphatic carbocycles. The number of oxime groups is 1. The SMILES string of the molecule is CCCCCCOc1cccc(C(COc2cc(OC(C)C)cc(C(=O)O)c2)=NOCCO)c1. The number of hydrogen-bond acceptors (Lipinski definition) is 7. The number of nitrogens with zero attached hydrogens (tertiary/aromatic N) is 1. The number of ether oxygens (including phenoxy) is 3. The van der Waals surface area contributed by atoms with E-state index in [2.05, 4.69) is 12.1 Å². The third-order valence-electron chi connectivity index (χ3n) is 4.67. The van der Waals surface area contributed by atoms with Crippen LogP contribution in [0.25, 0.3) is 0 Å². The number of carboxylic acids is 1. The van der Waals surface area contributed by atoms with Crippen LogP contribution in [0.1, 0.15) is 62.4 Å². The highest BCUT2D eigenvalue weighted by molar-refractivity contribution is 6.01. The van der Waals surface area contributed by atoms with Crippen LogP contribution in [0.3, 0.4) is 0 Å². The Kier molecular flexibility index (Phi) is 11.7. The second-order valence-corrected chi connectivity index (χ2v) is 7.99. The molecule has 2 N–H and O–H groups in total. The van der Waals surface area contributed by atoms with Gasteiger partial charge in [-0.1, -0.05) is 43.5 Å². The summed E-state index contributed by atoms with van der Waals surface area (Å²) in [6, 6.07) is 12.0. The molecule has 0 saturated heterocycles. The number of benzene rings is 2. The Morgan fingerprint density at radius 3 is 2.41 bits per heavy atom. The number of carboxylic acid groups (broad SMARTS) is 1. The molecule has 0 aliphatic rings. The lowest BCUT2D eigenvalue weighted by Gasteiger charge is -2.14. The van der Waals surface area contributed by atoms with Gasteiger partial charge in [0.15, 0.2) is 0 Å². The van der Waals surface area contributed by atoms with Crippen molar-refractivity contribution in [3.8, 4) is 17.2 Å². The van der Waals surface area contributed by atoms with Crippen molar-refractivity contribution in [2.45, 2.75) is 52.6 Å². The maximum atomic E-state index is 11.5. The molecule has 2 aromatic carbocycles. The lowest BCUT2D eigenvalue weighted by molar-refractivity contribution is 0.0695. The molecular formula is C26H35NO7. The van der Waals surface area contributed by atoms with Crippen LogP contribution in [0.4, 0.5) is 0 Å². The minimum absolute atomic E-state index is 0.00950. The van der Waals surface area contributed by atoms with E-state index in [1.807, 2.05) is 38.1 Å². The van der Waals surface area contributed by atoms with Crippen molar-refractivity contribution in [2.75, 3.05) is 26.4 Å². The van der Waals surface area contributed by atoms with Gasteiger partial charge in [0.25, 0.3) is 0 Å². The van der Waals surface area contributed by atoms with Crippen LogP contribution in [-0.4, -0.2) is 54.4 Å². The maximum Gasteiger partial charge on any atom is 0.335 e. The first-order valence-corrected chi connectivity index (χ1v) is 11.6. The maximum absolute atomic E-state index is 11.5. The lowest BCUT2D eigenvalue weighted by Crippen LogP contribution is -2.15. The highest BCUT2D eigenvalue weighted by Gasteiger charge is 2.13. The zero-order valence-electron chi connectivity index (χ0n) is 20.2. The van der Waals surface area contributed by atoms with Crippen molar-refractivity contribution < 1.29 is 34.1 Å². The van der Waals surface area contributed by atoms with E-state index in [0.717, 1.165) is 18.4 Å². The van der Waals surface area contributed by atoms with Gasteiger partial charge in [-0.15, -0.1) is 0 Å². The minimum atomic E-state index is -1.08. The molecule has 0 saturated carbocycles. The summed E-state index contributed by atoms with van der Waals surface area (Å²) in [5.74, 6) is 0.361. The minimum Gasteiger partial charge on any atom is -0.494 e. The van der Waals surface area contributed by atoms with Gasteiger partial charge in [-0.25, -0.2) is 4.79 Å². The molecule has 0 aromatic heterocycles. The molecule has 186 valence electrons. The number of aliphatic hydroxyl groups excluding tert-OH is 1. The number of hydrogen-bond donors (Lipinski definition) is 2. The summed E-state index contributed by atoms with van der Waals surface area (Å²) >= 11 is 0. The molecule has 2 aromatic rings. The van der Waals surface area contributed by atoms with Crippen LogP contribution >= 0.6 is 0 Å². The van der Waals surface area contributed by atoms with Gasteiger partial charge < -0.3 is 29.3 Å². The van der Waals surface area contributed by atoms with Gasteiger partial charge in [-0.05, 0) is 44.5 Å². The Morgan fingerprint density at radius 2 is 1.71 bits per heavy atom. The molecule has 8 heteroatoms. The number of rotatable bonds is 16. The lowest BCUT2D eigenvalue weighted by atomic mass is 10.1. The van der Waals surface area contributed by atoms with Crippen molar-refractivity contribution in [1.82, 2.24) is 0 Å². The van der Waals surface area contributed by atoms with E-state index in [9.17, 15) is 9.90 Å². The van der Waals surface area contributed by atoms with Crippen molar-refractivity contribution in [1.29, 1.82) is 0 Å². The second-order valence-electron chi connectivity index (χ2n) is 7.99. The molecule has 8 nitrogen and oxygen atoms in total. The molecule has 0 bridgehead atoms. The Balaban J connectivity index is 2.17. The number of aliphatic hydroxyl groups is 1. The molecule has 0 spiro atoms. The fraction of sp³-hybridized carbons (Fsp3) is 0.462. The zero-order chi connectivity index (χ0) is 24.8. The van der Waals surface area contributed by atoms with E-state index in [4.69, 9.17) is 24.2 Å². The van der Waals surface area contributed by atoms with Gasteiger partial charge in [0.1, 0.15) is 36.2 Å². The highest BCUT2D eigenvalue weighted by atomic mass is 16.6. The van der Waals surface area contributed by atoms with Gasteiger partial charge in [-0.3, -0.25) is 0 Å². The van der Waals surface area contributed by atoms with E-state index in [0.29, 0.717) is 29.6 Å². The molecule has 0 heterocycles. The van der Waals surface area contributed by atoms with E-state index >= 15 is 0 Å². The number of aromatic carboxylic acids is 1. The number of unbranched alkanes of at least 4 members (excludes halogenated alkanes) is 3. The van der Waals surface area contributed by atoms with Crippen LogP contribution in [0, 0.1) is 0 Å². The highest BCUT2D eigenvalue weighted by Crippen LogP contribution is 2.25. The van der Waals surface area contributed by atoms with Crippen molar-refractivity contribution in [2.24, 2.45) is 5.16 Å². The molecular weight excluding hydrogens is 438 g/mol. The fourth-order valence-electron chi connectivity index (χ4n) is 3.08. The molecule has 34 heavy (non-hydrogen) atoms. The van der Waals surface area contributed by atoms with Gasteiger partial charge in [0.05, 0.1) is 24.9 Å². The van der Waals surface area contributed by atoms with Gasteiger partial charge >= 0.3 is 5.97 Å². The molecule has 0 aliphatic heterocycles. The third kappa shape index (κ3) is 9.70. The van der Waals surface area contributed by atoms with Crippen LogP contribution < -0.4 is 14.2 Å². The fourth-order valence-corrected chi connectivity index (χ4v) is 3.08. The summed E-state index contributed by atoms with van der Waals surface area (Å²) in [6.07, 6.45) is 4.35. The Bertz CT molecular complexity index is 927. The summed E-state index contributed by atoms with van der Waals surface area (Å²) in [7, 11) is 0. The average Bonchev–Trinajstić information content (AvgIpc) is 2.80. The average molecular weight is 474 g/mol. The summed E-state index contributed by atoms with van der Waals surface area (Å²) in [5.41, 5.74) is 1.26. The van der Waals surface area contributed by atoms with Crippen molar-refractivity contribution in [3.63, 3.8) is 0 Å². The Hall–Kier alpha value is -3.26. The molecule has 2 rings (SSSR count). The van der Waals surface area contributed by atoms with Crippen molar-refractivity contribution in [3.05, 3.63) is 53.6 Å². The van der Waals surface area contributed by atoms with E-state index < -0.39 is 5.97 Å². The van der Waals surface area contributed by atoms with E-state index in [1.165, 1.54) is 25.0 Å². The topological polar surface area (TPSA) is 107 Å². The predicted octanol–water partition coefficient (Wildman–Crippen LogP) is 4.92. The number of carbonyl (C=O) groups is 1. The second kappa shape index (κ2) is 14.8. The van der Waals surface area contributed by atoms with Crippen LogP contribution in [0.5, 0.6) is 17.2 Å². The van der Waals surface area contributed by atoms with Gasteiger partial charge in [-0.2, -0.15) is 0 Å². The van der Waals surface area contributed by atoms with E-state index in [1.54, 1.807) is 6.07 Å². The zero-order valence-corrected chi connectivity index (χ0v) is 20.2. The summed E-state index contributed by atoms with van der Waals surface area (Å²) in [6.45, 7) is 6.39. The third-order valence-corrected chi connectivity index (χ3v) is 4.67. The van der Waals surface area contributed by atoms with Gasteiger partial charge in [0, 0.05) is 11.6 Å². The van der Waals surface area contributed by atoms with E-state index in [-0.39, 0.29) is 31.5 Å². The van der Waals surface area contributed by atoms with Crippen LogP contribution in [0.2, 0.25) is 0 Å². The molecule has 0 radical (unpaired) electrons. The summed E-state index contributed by atoms with van der Waals surface area (Å²) in [4.78, 5) is 16.7. The molecule has 0 amide bonds.